The molecule has 1 aromatic carbocycles. The molecule has 0 atom stereocenters. The molecule has 106 valence electrons. The van der Waals surface area contributed by atoms with Gasteiger partial charge in [0, 0.05) is 44.0 Å². The van der Waals surface area contributed by atoms with Gasteiger partial charge in [-0.2, -0.15) is 0 Å². The van der Waals surface area contributed by atoms with Crippen molar-refractivity contribution in [2.75, 3.05) is 37.5 Å². The third kappa shape index (κ3) is 5.18. The van der Waals surface area contributed by atoms with Crippen LogP contribution in [-0.2, 0) is 0 Å². The van der Waals surface area contributed by atoms with E-state index in [1.807, 2.05) is 57.1 Å². The Bertz CT molecular complexity index is 413. The van der Waals surface area contributed by atoms with E-state index in [4.69, 9.17) is 5.11 Å². The molecule has 0 aliphatic rings. The van der Waals surface area contributed by atoms with Crippen molar-refractivity contribution in [3.8, 4) is 0 Å². The molecule has 3 N–H and O–H groups in total. The van der Waals surface area contributed by atoms with Crippen molar-refractivity contribution in [3.63, 3.8) is 0 Å². The van der Waals surface area contributed by atoms with Crippen LogP contribution in [0.5, 0.6) is 0 Å². The molecule has 0 unspecified atom stereocenters. The van der Waals surface area contributed by atoms with Crippen LogP contribution in [0.25, 0.3) is 0 Å². The van der Waals surface area contributed by atoms with Crippen LogP contribution in [0.3, 0.4) is 0 Å². The maximum Gasteiger partial charge on any atom is 0.319 e. The van der Waals surface area contributed by atoms with E-state index in [1.54, 1.807) is 0 Å². The van der Waals surface area contributed by atoms with Gasteiger partial charge in [0.25, 0.3) is 0 Å². The second-order valence-corrected chi connectivity index (χ2v) is 5.57. The molecule has 0 radical (unpaired) electrons. The largest absolute Gasteiger partial charge is 0.396 e. The van der Waals surface area contributed by atoms with Gasteiger partial charge in [0.2, 0.25) is 0 Å². The number of carbonyl (C=O) groups is 1. The van der Waals surface area contributed by atoms with Crippen LogP contribution in [0.1, 0.15) is 13.8 Å². The van der Waals surface area contributed by atoms with Gasteiger partial charge in [-0.05, 0) is 24.3 Å². The molecule has 0 bridgehead atoms. The predicted molar refractivity (Wildman–Crippen MR) is 78.7 cm³/mol. The smallest absolute Gasteiger partial charge is 0.319 e. The van der Waals surface area contributed by atoms with Gasteiger partial charge in [0.1, 0.15) is 0 Å². The molecule has 0 heterocycles. The molecule has 0 saturated carbocycles. The second-order valence-electron chi connectivity index (χ2n) is 5.57. The first-order valence-electron chi connectivity index (χ1n) is 6.27. The molecule has 5 nitrogen and oxygen atoms in total. The zero-order valence-electron chi connectivity index (χ0n) is 12.0. The number of urea groups is 1. The van der Waals surface area contributed by atoms with Crippen LogP contribution in [0, 0.1) is 5.41 Å². The van der Waals surface area contributed by atoms with E-state index in [0.29, 0.717) is 6.54 Å². The van der Waals surface area contributed by atoms with Crippen molar-refractivity contribution in [2.24, 2.45) is 5.41 Å². The van der Waals surface area contributed by atoms with Crippen LogP contribution < -0.4 is 15.5 Å². The van der Waals surface area contributed by atoms with Gasteiger partial charge in [-0.15, -0.1) is 0 Å². The molecule has 1 rings (SSSR count). The van der Waals surface area contributed by atoms with E-state index in [9.17, 15) is 4.79 Å². The number of aliphatic hydroxyl groups excluding tert-OH is 1. The summed E-state index contributed by atoms with van der Waals surface area (Å²) in [6.07, 6.45) is 0. The average molecular weight is 265 g/mol. The Balaban J connectivity index is 2.48. The fourth-order valence-corrected chi connectivity index (χ4v) is 1.39. The lowest BCUT2D eigenvalue weighted by molar-refractivity contribution is 0.158. The number of nitrogens with one attached hydrogen (secondary N) is 2. The fourth-order valence-electron chi connectivity index (χ4n) is 1.39. The number of hydrogen-bond donors (Lipinski definition) is 3. The van der Waals surface area contributed by atoms with Crippen LogP contribution in [-0.4, -0.2) is 38.4 Å². The van der Waals surface area contributed by atoms with Gasteiger partial charge in [0.15, 0.2) is 0 Å². The Morgan fingerprint density at radius 3 is 2.32 bits per heavy atom. The van der Waals surface area contributed by atoms with Crippen molar-refractivity contribution >= 4 is 17.4 Å². The molecule has 0 aliphatic heterocycles. The van der Waals surface area contributed by atoms with Crippen molar-refractivity contribution in [3.05, 3.63) is 24.3 Å². The van der Waals surface area contributed by atoms with Crippen molar-refractivity contribution in [2.45, 2.75) is 13.8 Å². The summed E-state index contributed by atoms with van der Waals surface area (Å²) in [6, 6.07) is 7.32. The number of anilines is 2. The van der Waals surface area contributed by atoms with E-state index in [2.05, 4.69) is 10.6 Å². The average Bonchev–Trinajstić information content (AvgIpc) is 2.37. The third-order valence-electron chi connectivity index (χ3n) is 2.80. The quantitative estimate of drug-likeness (QED) is 0.762. The molecule has 0 spiro atoms. The SMILES string of the molecule is CN(C)c1ccc(NC(=O)NCC(C)(C)CO)cc1. The normalized spacial score (nSPS) is 11.0. The number of aliphatic hydroxyl groups is 1. The van der Waals surface area contributed by atoms with Crippen molar-refractivity contribution < 1.29 is 9.90 Å². The highest BCUT2D eigenvalue weighted by Gasteiger charge is 2.17. The summed E-state index contributed by atoms with van der Waals surface area (Å²) in [5.74, 6) is 0. The maximum absolute atomic E-state index is 11.7. The van der Waals surface area contributed by atoms with E-state index >= 15 is 0 Å². The summed E-state index contributed by atoms with van der Waals surface area (Å²) in [5, 5.41) is 14.6. The van der Waals surface area contributed by atoms with E-state index in [-0.39, 0.29) is 18.1 Å². The highest BCUT2D eigenvalue weighted by Crippen LogP contribution is 2.16. The minimum atomic E-state index is -0.313. The Hall–Kier alpha value is -1.75. The van der Waals surface area contributed by atoms with Gasteiger partial charge in [-0.3, -0.25) is 0 Å². The van der Waals surface area contributed by atoms with Crippen molar-refractivity contribution in [1.29, 1.82) is 0 Å². The number of carbonyl (C=O) groups excluding carboxylic acids is 1. The number of amides is 2. The monoisotopic (exact) mass is 265 g/mol. The zero-order valence-corrected chi connectivity index (χ0v) is 12.0. The first kappa shape index (κ1) is 15.3. The van der Waals surface area contributed by atoms with Crippen LogP contribution in [0.4, 0.5) is 16.2 Å². The lowest BCUT2D eigenvalue weighted by atomic mass is 9.95. The Morgan fingerprint density at radius 2 is 1.84 bits per heavy atom. The summed E-state index contributed by atoms with van der Waals surface area (Å²) in [7, 11) is 3.93. The maximum atomic E-state index is 11.7. The molecule has 1 aromatic rings. The molecule has 0 saturated heterocycles. The summed E-state index contributed by atoms with van der Waals surface area (Å²) in [5.41, 5.74) is 1.50. The van der Waals surface area contributed by atoms with Gasteiger partial charge >= 0.3 is 6.03 Å². The highest BCUT2D eigenvalue weighted by molar-refractivity contribution is 5.89. The summed E-state index contributed by atoms with van der Waals surface area (Å²) < 4.78 is 0. The Kier molecular flexibility index (Phi) is 5.18. The van der Waals surface area contributed by atoms with E-state index < -0.39 is 0 Å². The topological polar surface area (TPSA) is 64.6 Å². The predicted octanol–water partition coefficient (Wildman–Crippen LogP) is 1.89. The van der Waals surface area contributed by atoms with Gasteiger partial charge in [-0.1, -0.05) is 13.8 Å². The first-order valence-corrected chi connectivity index (χ1v) is 6.27. The number of hydrogen-bond acceptors (Lipinski definition) is 3. The lowest BCUT2D eigenvalue weighted by Crippen LogP contribution is -2.38. The molecule has 0 fully saturated rings. The minimum Gasteiger partial charge on any atom is -0.396 e. The first-order chi connectivity index (χ1) is 8.84. The zero-order chi connectivity index (χ0) is 14.5. The van der Waals surface area contributed by atoms with E-state index in [0.717, 1.165) is 11.4 Å². The lowest BCUT2D eigenvalue weighted by Gasteiger charge is -2.22. The van der Waals surface area contributed by atoms with Gasteiger partial charge in [0.05, 0.1) is 0 Å². The molecule has 0 aliphatic carbocycles. The molecular weight excluding hydrogens is 242 g/mol. The molecule has 19 heavy (non-hydrogen) atoms. The number of benzene rings is 1. The summed E-state index contributed by atoms with van der Waals surface area (Å²) >= 11 is 0. The molecule has 5 heteroatoms. The van der Waals surface area contributed by atoms with Gasteiger partial charge in [-0.25, -0.2) is 4.79 Å². The van der Waals surface area contributed by atoms with Gasteiger partial charge < -0.3 is 20.6 Å². The molecule has 0 aromatic heterocycles. The standard InChI is InChI=1S/C14H23N3O2/c1-14(2,10-18)9-15-13(19)16-11-5-7-12(8-6-11)17(3)4/h5-8,18H,9-10H2,1-4H3,(H2,15,16,19). The number of rotatable bonds is 5. The third-order valence-corrected chi connectivity index (χ3v) is 2.80. The molecule has 2 amide bonds. The van der Waals surface area contributed by atoms with Crippen molar-refractivity contribution in [1.82, 2.24) is 5.32 Å². The summed E-state index contributed by atoms with van der Waals surface area (Å²) in [4.78, 5) is 13.7. The number of nitrogens with zero attached hydrogens (tertiary/aromatic N) is 1. The Morgan fingerprint density at radius 1 is 1.26 bits per heavy atom. The fraction of sp³-hybridized carbons (Fsp3) is 0.500. The second kappa shape index (κ2) is 6.43. The highest BCUT2D eigenvalue weighted by atomic mass is 16.3. The summed E-state index contributed by atoms with van der Waals surface area (Å²) in [6.45, 7) is 4.23. The van der Waals surface area contributed by atoms with Crippen LogP contribution in [0.15, 0.2) is 24.3 Å². The van der Waals surface area contributed by atoms with Crippen LogP contribution in [0.2, 0.25) is 0 Å². The molecular formula is C14H23N3O2. The van der Waals surface area contributed by atoms with Crippen LogP contribution >= 0.6 is 0 Å². The minimum absolute atomic E-state index is 0.0326. The Labute approximate surface area is 114 Å². The van der Waals surface area contributed by atoms with E-state index in [1.165, 1.54) is 0 Å².